The summed E-state index contributed by atoms with van der Waals surface area (Å²) in [5.74, 6) is 2.85. The fourth-order valence-electron chi connectivity index (χ4n) is 7.11. The summed E-state index contributed by atoms with van der Waals surface area (Å²) in [6.07, 6.45) is 7.17. The Morgan fingerprint density at radius 1 is 0.662 bits per heavy atom. The molecule has 2 N–H and O–H groups in total. The topological polar surface area (TPSA) is 150 Å². The molecular formula is C53H65ClN12O2. The minimum absolute atomic E-state index is 0.0651. The zero-order valence-electron chi connectivity index (χ0n) is 41.3. The van der Waals surface area contributed by atoms with E-state index < -0.39 is 0 Å². The third-order valence-corrected chi connectivity index (χ3v) is 10.9. The zero-order valence-corrected chi connectivity index (χ0v) is 42.1. The van der Waals surface area contributed by atoms with Crippen LogP contribution in [0.1, 0.15) is 58.9 Å². The Morgan fingerprint density at radius 2 is 1.19 bits per heavy atom. The van der Waals surface area contributed by atoms with Gasteiger partial charge in [0, 0.05) is 46.5 Å². The maximum absolute atomic E-state index is 12.4. The number of likely N-dealkylation sites (N-methyl/N-ethyl adjacent to an activating group) is 2. The number of nitrogens with zero attached hydrogens (tertiary/aromatic N) is 10. The number of aliphatic imine (C=N–C) groups is 1. The normalized spacial score (nSPS) is 11.3. The summed E-state index contributed by atoms with van der Waals surface area (Å²) in [6.45, 7) is 19.8. The lowest BCUT2D eigenvalue weighted by atomic mass is 10.1. The van der Waals surface area contributed by atoms with Crippen LogP contribution in [-0.2, 0) is 11.3 Å². The predicted molar refractivity (Wildman–Crippen MR) is 280 cm³/mol. The smallest absolute Gasteiger partial charge is 0.261 e. The van der Waals surface area contributed by atoms with Gasteiger partial charge in [-0.25, -0.2) is 19.9 Å². The van der Waals surface area contributed by atoms with E-state index in [0.717, 1.165) is 57.2 Å². The molecule has 3 aromatic heterocycles. The van der Waals surface area contributed by atoms with Crippen LogP contribution in [0.5, 0.6) is 0 Å². The number of hydrogen-bond donors (Lipinski definition) is 2. The van der Waals surface area contributed by atoms with Crippen LogP contribution in [0, 0.1) is 27.7 Å². The average Bonchev–Trinajstić information content (AvgIpc) is 3.96. The first kappa shape index (κ1) is 52.3. The van der Waals surface area contributed by atoms with E-state index in [2.05, 4.69) is 149 Å². The van der Waals surface area contributed by atoms with E-state index in [0.29, 0.717) is 24.7 Å². The van der Waals surface area contributed by atoms with Gasteiger partial charge < -0.3 is 25.3 Å². The van der Waals surface area contributed by atoms with Crippen molar-refractivity contribution in [3.05, 3.63) is 137 Å². The van der Waals surface area contributed by atoms with E-state index in [9.17, 15) is 9.59 Å². The Labute approximate surface area is 406 Å². The molecule has 0 saturated heterocycles. The van der Waals surface area contributed by atoms with Crippen LogP contribution in [0.3, 0.4) is 0 Å². The molecule has 1 aliphatic heterocycles. The van der Waals surface area contributed by atoms with Crippen molar-refractivity contribution < 1.29 is 9.59 Å². The van der Waals surface area contributed by atoms with Crippen molar-refractivity contribution in [1.82, 2.24) is 44.4 Å². The first-order chi connectivity index (χ1) is 32.6. The summed E-state index contributed by atoms with van der Waals surface area (Å²) >= 11 is 4.99. The molecule has 0 saturated carbocycles. The van der Waals surface area contributed by atoms with Gasteiger partial charge in [0.15, 0.2) is 11.6 Å². The number of hydrogen-bond acceptors (Lipinski definition) is 13. The molecule has 14 nitrogen and oxygen atoms in total. The lowest BCUT2D eigenvalue weighted by molar-refractivity contribution is -0.112. The molecular weight excluding hydrogens is 872 g/mol. The number of anilines is 4. The van der Waals surface area contributed by atoms with Gasteiger partial charge in [-0.05, 0) is 164 Å². The molecule has 0 fully saturated rings. The van der Waals surface area contributed by atoms with E-state index in [4.69, 9.17) is 11.6 Å². The van der Waals surface area contributed by atoms with Crippen molar-refractivity contribution in [2.24, 2.45) is 4.99 Å². The lowest BCUT2D eigenvalue weighted by Crippen LogP contribution is -2.26. The second-order valence-corrected chi connectivity index (χ2v) is 17.4. The minimum Gasteiger partial charge on any atom is -0.340 e. The fourth-order valence-corrected chi connectivity index (χ4v) is 7.35. The molecule has 0 aliphatic carbocycles. The average molecular weight is 938 g/mol. The highest BCUT2D eigenvalue weighted by Crippen LogP contribution is 2.27. The van der Waals surface area contributed by atoms with Crippen LogP contribution in [0.15, 0.2) is 109 Å². The molecule has 356 valence electrons. The van der Waals surface area contributed by atoms with Crippen LogP contribution in [-0.4, -0.2) is 123 Å². The molecule has 7 aromatic rings. The van der Waals surface area contributed by atoms with E-state index >= 15 is 0 Å². The van der Waals surface area contributed by atoms with E-state index in [1.807, 2.05) is 55.5 Å². The van der Waals surface area contributed by atoms with Gasteiger partial charge in [-0.15, -0.1) is 0 Å². The number of aromatic nitrogens is 6. The van der Waals surface area contributed by atoms with Crippen LogP contribution in [0.2, 0.25) is 0 Å². The predicted octanol–water partition coefficient (Wildman–Crippen LogP) is 10.2. The molecule has 0 amide bonds. The highest BCUT2D eigenvalue weighted by atomic mass is 35.5. The third-order valence-electron chi connectivity index (χ3n) is 10.8. The Hall–Kier alpha value is -6.71. The molecule has 4 aromatic carbocycles. The van der Waals surface area contributed by atoms with Crippen molar-refractivity contribution in [3.8, 4) is 22.8 Å². The second kappa shape index (κ2) is 25.4. The van der Waals surface area contributed by atoms with E-state index in [1.165, 1.54) is 52.1 Å². The van der Waals surface area contributed by atoms with Gasteiger partial charge in [-0.1, -0.05) is 62.2 Å². The molecule has 0 spiro atoms. The third kappa shape index (κ3) is 15.4. The summed E-state index contributed by atoms with van der Waals surface area (Å²) in [5, 5.41) is 11.5. The fraction of sp³-hybridized carbons (Fsp3) is 0.321. The van der Waals surface area contributed by atoms with Gasteiger partial charge in [0.05, 0.1) is 31.3 Å². The van der Waals surface area contributed by atoms with Crippen LogP contribution in [0.4, 0.5) is 23.0 Å². The summed E-state index contributed by atoms with van der Waals surface area (Å²) in [6, 6.07) is 28.4. The maximum Gasteiger partial charge on any atom is 0.261 e. The van der Waals surface area contributed by atoms with Gasteiger partial charge in [0.25, 0.3) is 5.91 Å². The lowest BCUT2D eigenvalue weighted by Gasteiger charge is -2.13. The standard InChI is InChI=1S/C23H24N6O.C20H18N4.C6H15N.C4H8ClNO/c1-15-5-6-16(2)19(11-15)23-24-10-9-21(27-23)26-18-7-8-20-17(12-18)13-25-29(20)22(30)14-28(3)4;1-13-3-4-14(2)18(9-13)20-22-8-7-19(24-20)23-17-6-5-15-11-21-12-16(15)10-17;1-4-7(5-2)6-3;1-6(2)3-4(5)7/h5-13H,14H2,1-4H3,(H,24,26,27);3-10,12H,11H2,1-2H3,(H,22,23,24);4-6H2,1-3H3;3H2,1-2H3. The molecule has 4 heterocycles. The van der Waals surface area contributed by atoms with Gasteiger partial charge >= 0.3 is 0 Å². The van der Waals surface area contributed by atoms with Crippen molar-refractivity contribution in [3.63, 3.8) is 0 Å². The van der Waals surface area contributed by atoms with Gasteiger partial charge in [-0.3, -0.25) is 14.6 Å². The Kier molecular flexibility index (Phi) is 19.5. The molecule has 15 heteroatoms. The molecule has 0 atom stereocenters. The zero-order chi connectivity index (χ0) is 49.3. The van der Waals surface area contributed by atoms with E-state index in [-0.39, 0.29) is 11.1 Å². The van der Waals surface area contributed by atoms with Crippen molar-refractivity contribution >= 4 is 62.9 Å². The number of aryl methyl sites for hydroxylation is 4. The monoisotopic (exact) mass is 937 g/mol. The summed E-state index contributed by atoms with van der Waals surface area (Å²) in [4.78, 5) is 50.8. The molecule has 0 bridgehead atoms. The SMILES string of the molecule is CCN(CC)CC.CN(C)CC(=O)Cl.Cc1ccc(C)c(-c2nccc(Nc3ccc4c(c3)C=NC4)n2)c1.Cc1ccc(C)c(-c2nccc(Nc3ccc4c(cnn4C(=O)CN(C)C)c3)n2)c1. The second-order valence-electron chi connectivity index (χ2n) is 17.0. The number of carbonyl (C=O) groups is 2. The molecule has 0 unspecified atom stereocenters. The summed E-state index contributed by atoms with van der Waals surface area (Å²) in [7, 11) is 7.31. The summed E-state index contributed by atoms with van der Waals surface area (Å²) in [5.41, 5.74) is 11.9. The highest BCUT2D eigenvalue weighted by molar-refractivity contribution is 6.64. The number of rotatable bonds is 13. The quantitative estimate of drug-likeness (QED) is 0.106. The van der Waals surface area contributed by atoms with Crippen LogP contribution < -0.4 is 10.6 Å². The number of benzene rings is 4. The molecule has 68 heavy (non-hydrogen) atoms. The Morgan fingerprint density at radius 3 is 1.68 bits per heavy atom. The number of fused-ring (bicyclic) bond motifs is 2. The number of carbonyl (C=O) groups excluding carboxylic acids is 2. The van der Waals surface area contributed by atoms with Crippen LogP contribution in [0.25, 0.3) is 33.7 Å². The first-order valence-corrected chi connectivity index (χ1v) is 23.1. The number of halogens is 1. The van der Waals surface area contributed by atoms with Crippen molar-refractivity contribution in [1.29, 1.82) is 0 Å². The molecule has 1 aliphatic rings. The van der Waals surface area contributed by atoms with Gasteiger partial charge in [0.1, 0.15) is 11.6 Å². The Balaban J connectivity index is 0.000000201. The molecule has 8 rings (SSSR count). The van der Waals surface area contributed by atoms with Crippen molar-refractivity contribution in [2.75, 3.05) is 71.5 Å². The van der Waals surface area contributed by atoms with Gasteiger partial charge in [0.2, 0.25) is 5.24 Å². The summed E-state index contributed by atoms with van der Waals surface area (Å²) < 4.78 is 1.45. The van der Waals surface area contributed by atoms with Gasteiger partial charge in [-0.2, -0.15) is 9.78 Å². The van der Waals surface area contributed by atoms with E-state index in [1.54, 1.807) is 37.6 Å². The maximum atomic E-state index is 12.4. The molecule has 0 radical (unpaired) electrons. The highest BCUT2D eigenvalue weighted by Gasteiger charge is 2.14. The number of nitrogens with one attached hydrogen (secondary N) is 2. The van der Waals surface area contributed by atoms with Crippen molar-refractivity contribution in [2.45, 2.75) is 55.0 Å². The largest absolute Gasteiger partial charge is 0.340 e. The van der Waals surface area contributed by atoms with Crippen LogP contribution >= 0.6 is 11.6 Å². The minimum atomic E-state index is -0.315. The Bertz CT molecular complexity index is 2810. The first-order valence-electron chi connectivity index (χ1n) is 22.8.